The molecule has 3 rings (SSSR count). The molecule has 2 aromatic carbocycles. The number of allylic oxidation sites excluding steroid dienone is 2. The number of benzene rings is 2. The molecule has 3 aromatic rings. The molecule has 0 amide bonds. The maximum absolute atomic E-state index is 9.60. The number of rotatable bonds is 3. The van der Waals surface area contributed by atoms with Crippen molar-refractivity contribution < 1.29 is 30.0 Å². The first-order valence-electron chi connectivity index (χ1n) is 12.5. The molecule has 37 heavy (non-hydrogen) atoms. The van der Waals surface area contributed by atoms with Gasteiger partial charge in [0.15, 0.2) is 0 Å². The number of hydrogen-bond donors (Lipinski definition) is 1. The number of carbonyl (C=O) groups excluding carboxylic acids is 1. The number of aliphatic hydroxyl groups is 1. The van der Waals surface area contributed by atoms with E-state index in [1.54, 1.807) is 0 Å². The second kappa shape index (κ2) is 12.8. The maximum atomic E-state index is 9.60. The summed E-state index contributed by atoms with van der Waals surface area (Å²) in [6.45, 7) is 20.1. The van der Waals surface area contributed by atoms with E-state index < -0.39 is 0 Å². The summed E-state index contributed by atoms with van der Waals surface area (Å²) >= 11 is 0. The number of aryl methyl sites for hydroxylation is 1. The first-order chi connectivity index (χ1) is 16.5. The normalized spacial score (nSPS) is 12.2. The smallest absolute Gasteiger partial charge is 0.325 e. The summed E-state index contributed by atoms with van der Waals surface area (Å²) in [7, 11) is 0. The number of nitrogens with zero attached hydrogens (tertiary/aromatic N) is 1. The molecule has 0 spiro atoms. The van der Waals surface area contributed by atoms with Gasteiger partial charge in [0.2, 0.25) is 0 Å². The van der Waals surface area contributed by atoms with Gasteiger partial charge < -0.3 is 10.1 Å². The average Bonchev–Trinajstić information content (AvgIpc) is 2.78. The summed E-state index contributed by atoms with van der Waals surface area (Å²) < 4.78 is 0. The molecule has 1 radical (unpaired) electrons. The van der Waals surface area contributed by atoms with Crippen molar-refractivity contribution in [1.82, 2.24) is 4.98 Å². The molecule has 201 valence electrons. The van der Waals surface area contributed by atoms with E-state index in [1.165, 1.54) is 22.8 Å². The zero-order valence-corrected chi connectivity index (χ0v) is 26.4. The Hall–Kier alpha value is -2.55. The predicted molar refractivity (Wildman–Crippen MR) is 154 cm³/mol. The van der Waals surface area contributed by atoms with E-state index >= 15 is 0 Å². The molecule has 2 N–H and O–H groups in total. The Morgan fingerprint density at radius 1 is 0.838 bits per heavy atom. The Morgan fingerprint density at radius 3 is 1.95 bits per heavy atom. The van der Waals surface area contributed by atoms with E-state index in [1.807, 2.05) is 53.8 Å². The van der Waals surface area contributed by atoms with Crippen LogP contribution >= 0.6 is 0 Å². The fraction of sp³-hybridized carbons (Fsp3) is 0.394. The van der Waals surface area contributed by atoms with Crippen molar-refractivity contribution in [3.63, 3.8) is 0 Å². The molecule has 1 aromatic heterocycles. The minimum absolute atomic E-state index is 0. The Bertz CT molecular complexity index is 1210. The molecule has 0 aliphatic carbocycles. The molecule has 0 aliphatic heterocycles. The number of aromatic nitrogens is 1. The van der Waals surface area contributed by atoms with E-state index in [4.69, 9.17) is 0 Å². The predicted octanol–water partition coefficient (Wildman–Crippen LogP) is 8.88. The van der Waals surface area contributed by atoms with E-state index in [2.05, 4.69) is 87.3 Å². The van der Waals surface area contributed by atoms with Crippen molar-refractivity contribution in [1.29, 1.82) is 0 Å². The van der Waals surface area contributed by atoms with Gasteiger partial charge in [-0.05, 0) is 49.1 Å². The van der Waals surface area contributed by atoms with Gasteiger partial charge >= 0.3 is 5.78 Å². The van der Waals surface area contributed by atoms with Gasteiger partial charge in [0.25, 0.3) is 0 Å². The summed E-state index contributed by atoms with van der Waals surface area (Å²) in [5, 5.41) is 9.60. The maximum Gasteiger partial charge on any atom is 0.325 e. The topological polar surface area (TPSA) is 54.5 Å². The first-order valence-corrected chi connectivity index (χ1v) is 12.5. The minimum Gasteiger partial charge on any atom is -0.511 e. The van der Waals surface area contributed by atoms with Crippen molar-refractivity contribution in [3.05, 3.63) is 89.8 Å². The van der Waals surface area contributed by atoms with Crippen molar-refractivity contribution >= 4 is 5.78 Å². The van der Waals surface area contributed by atoms with Crippen LogP contribution in [0, 0.1) is 23.8 Å². The van der Waals surface area contributed by atoms with Gasteiger partial charge in [0.05, 0.1) is 11.5 Å². The third-order valence-electron chi connectivity index (χ3n) is 5.82. The molecule has 0 bridgehead atoms. The number of hydrogen-bond acceptors (Lipinski definition) is 2. The number of pyridine rings is 1. The fourth-order valence-corrected chi connectivity index (χ4v) is 3.26. The molecule has 0 aliphatic rings. The summed E-state index contributed by atoms with van der Waals surface area (Å²) in [6, 6.07) is 22.5. The largest absolute Gasteiger partial charge is 0.511 e. The molecule has 0 fully saturated rings. The van der Waals surface area contributed by atoms with Crippen LogP contribution < -0.4 is 0 Å². The number of ketones is 1. The standard InChI is InChI=1S/C22H22N.C11H20O2.Ir/c1-16-12-18(17-8-6-5-7-9-17)14-19(13-16)21-15-20(10-11-23-21)22(2,3)4;1-10(2,3)8(12)7-9(13)11(4,5)6;/h5-12,14-15H,1-4H3;7,12H,1-6H3;/q-1;;/p+1/b;8-7-;. The molecule has 0 atom stereocenters. The van der Waals surface area contributed by atoms with Gasteiger partial charge in [-0.1, -0.05) is 84.9 Å². The van der Waals surface area contributed by atoms with E-state index in [-0.39, 0.29) is 47.9 Å². The molecule has 4 heteroatoms. The summed E-state index contributed by atoms with van der Waals surface area (Å²) in [5.74, 6) is 0.417. The Morgan fingerprint density at radius 2 is 1.43 bits per heavy atom. The monoisotopic (exact) mass is 678 g/mol. The molecule has 3 nitrogen and oxygen atoms in total. The van der Waals surface area contributed by atoms with Crippen molar-refractivity contribution in [3.8, 4) is 22.4 Å². The quantitative estimate of drug-likeness (QED) is 0.130. The van der Waals surface area contributed by atoms with E-state index in [0.717, 1.165) is 16.8 Å². The Kier molecular flexibility index (Phi) is 11.2. The number of aliphatic hydroxyl groups excluding tert-OH is 1. The molecule has 0 unspecified atom stereocenters. The SMILES string of the molecule is CC(C)(C)C(=[OH+])/C=C(\O)C(C)(C)C.Cc1[c-]c(-c2cc(C(C)(C)C)ccn2)cc(-c2ccccc2)c1.[Ir]. The summed E-state index contributed by atoms with van der Waals surface area (Å²) in [6.07, 6.45) is 3.34. The molecular weight excluding hydrogens is 635 g/mol. The Balaban J connectivity index is 0.000000423. The second-order valence-electron chi connectivity index (χ2n) is 12.4. The Labute approximate surface area is 237 Å². The minimum atomic E-state index is -0.306. The van der Waals surface area contributed by atoms with Crippen LogP contribution in [0.25, 0.3) is 22.4 Å². The van der Waals surface area contributed by atoms with Crippen molar-refractivity contribution in [2.75, 3.05) is 0 Å². The third-order valence-corrected chi connectivity index (χ3v) is 5.82. The average molecular weight is 678 g/mol. The van der Waals surface area contributed by atoms with Gasteiger partial charge in [0, 0.05) is 31.7 Å². The van der Waals surface area contributed by atoms with Crippen molar-refractivity contribution in [2.24, 2.45) is 10.8 Å². The van der Waals surface area contributed by atoms with Gasteiger partial charge in [0.1, 0.15) is 5.76 Å². The van der Waals surface area contributed by atoms with Crippen LogP contribution in [0.5, 0.6) is 0 Å². The van der Waals surface area contributed by atoms with Crippen LogP contribution in [0.3, 0.4) is 0 Å². The molecule has 1 heterocycles. The van der Waals surface area contributed by atoms with Crippen LogP contribution in [-0.4, -0.2) is 20.7 Å². The second-order valence-corrected chi connectivity index (χ2v) is 12.4. The summed E-state index contributed by atoms with van der Waals surface area (Å²) in [4.78, 5) is 14.2. The van der Waals surface area contributed by atoms with Crippen LogP contribution in [0.2, 0.25) is 0 Å². The van der Waals surface area contributed by atoms with Crippen LogP contribution in [0.1, 0.15) is 73.4 Å². The van der Waals surface area contributed by atoms with Crippen LogP contribution in [-0.2, 0) is 25.5 Å². The first kappa shape index (κ1) is 32.5. The van der Waals surface area contributed by atoms with Crippen LogP contribution in [0.4, 0.5) is 0 Å². The zero-order valence-electron chi connectivity index (χ0n) is 24.0. The van der Waals surface area contributed by atoms with Crippen molar-refractivity contribution in [2.45, 2.75) is 74.7 Å². The van der Waals surface area contributed by atoms with Gasteiger partial charge in [-0.15, -0.1) is 34.9 Å². The van der Waals surface area contributed by atoms with Crippen LogP contribution in [0.15, 0.2) is 72.6 Å². The van der Waals surface area contributed by atoms with Gasteiger partial charge in [-0.2, -0.15) is 0 Å². The van der Waals surface area contributed by atoms with E-state index in [9.17, 15) is 9.90 Å². The van der Waals surface area contributed by atoms with Gasteiger partial charge in [-0.25, -0.2) is 0 Å². The zero-order chi connectivity index (χ0) is 27.3. The fourth-order valence-electron chi connectivity index (χ4n) is 3.26. The molecular formula is C33H43IrNO2. The summed E-state index contributed by atoms with van der Waals surface area (Å²) in [5.41, 5.74) is 6.39. The molecule has 0 saturated heterocycles. The third kappa shape index (κ3) is 10.0. The van der Waals surface area contributed by atoms with E-state index in [0.29, 0.717) is 0 Å². The van der Waals surface area contributed by atoms with Gasteiger partial charge in [-0.3, -0.25) is 4.79 Å². The molecule has 0 saturated carbocycles.